The smallest absolute Gasteiger partial charge is 0.258 e. The van der Waals surface area contributed by atoms with Crippen molar-refractivity contribution >= 4 is 40.5 Å². The number of amides is 1. The predicted octanol–water partition coefficient (Wildman–Crippen LogP) is 4.83. The predicted molar refractivity (Wildman–Crippen MR) is 136 cm³/mol. The summed E-state index contributed by atoms with van der Waals surface area (Å²) in [7, 11) is 0. The zero-order valence-corrected chi connectivity index (χ0v) is 19.3. The minimum atomic E-state index is 0.0748. The van der Waals surface area contributed by atoms with Crippen LogP contribution in [-0.2, 0) is 4.79 Å². The van der Waals surface area contributed by atoms with Crippen molar-refractivity contribution in [1.29, 1.82) is 0 Å². The van der Waals surface area contributed by atoms with Crippen molar-refractivity contribution < 1.29 is 4.79 Å². The second kappa shape index (κ2) is 9.77. The van der Waals surface area contributed by atoms with Crippen molar-refractivity contribution in [3.05, 3.63) is 89.2 Å². The van der Waals surface area contributed by atoms with E-state index in [1.54, 1.807) is 12.4 Å². The van der Waals surface area contributed by atoms with Gasteiger partial charge in [0.25, 0.3) is 5.91 Å². The van der Waals surface area contributed by atoms with E-state index in [-0.39, 0.29) is 5.91 Å². The van der Waals surface area contributed by atoms with E-state index in [9.17, 15) is 4.79 Å². The maximum atomic E-state index is 13.3. The number of hydrogen-bond donors (Lipinski definition) is 0. The molecule has 2 aliphatic heterocycles. The van der Waals surface area contributed by atoms with Gasteiger partial charge in [-0.3, -0.25) is 14.7 Å². The van der Waals surface area contributed by atoms with E-state index in [1.165, 1.54) is 5.69 Å². The van der Waals surface area contributed by atoms with Gasteiger partial charge in [-0.05, 0) is 54.9 Å². The molecule has 3 aromatic rings. The van der Waals surface area contributed by atoms with Crippen molar-refractivity contribution in [3.63, 3.8) is 0 Å². The van der Waals surface area contributed by atoms with E-state index in [0.29, 0.717) is 6.54 Å². The van der Waals surface area contributed by atoms with Gasteiger partial charge in [-0.1, -0.05) is 41.9 Å². The highest BCUT2D eigenvalue weighted by Crippen LogP contribution is 2.37. The number of piperazine rings is 1. The maximum absolute atomic E-state index is 13.3. The van der Waals surface area contributed by atoms with Crippen LogP contribution >= 0.6 is 11.6 Å². The number of anilines is 2. The molecular formula is C27H27ClN4O. The zero-order valence-electron chi connectivity index (χ0n) is 18.5. The van der Waals surface area contributed by atoms with E-state index >= 15 is 0 Å². The molecule has 1 amide bonds. The summed E-state index contributed by atoms with van der Waals surface area (Å²) in [6, 6.07) is 20.0. The van der Waals surface area contributed by atoms with Crippen molar-refractivity contribution in [2.75, 3.05) is 49.1 Å². The Hall–Kier alpha value is -3.15. The number of benzene rings is 2. The Labute approximate surface area is 199 Å². The second-order valence-corrected chi connectivity index (χ2v) is 8.92. The lowest BCUT2D eigenvalue weighted by Crippen LogP contribution is -2.47. The lowest BCUT2D eigenvalue weighted by atomic mass is 10.1. The summed E-state index contributed by atoms with van der Waals surface area (Å²) in [6.07, 6.45) is 6.42. The van der Waals surface area contributed by atoms with Crippen LogP contribution in [0.15, 0.2) is 73.1 Å². The summed E-state index contributed by atoms with van der Waals surface area (Å²) in [6.45, 7) is 5.71. The van der Waals surface area contributed by atoms with Crippen molar-refractivity contribution in [1.82, 2.24) is 9.88 Å². The Kier molecular flexibility index (Phi) is 6.42. The summed E-state index contributed by atoms with van der Waals surface area (Å²) >= 11 is 6.15. The van der Waals surface area contributed by atoms with E-state index < -0.39 is 0 Å². The highest BCUT2D eigenvalue weighted by molar-refractivity contribution is 6.35. The van der Waals surface area contributed by atoms with Crippen molar-refractivity contribution in [2.45, 2.75) is 6.42 Å². The first-order valence-corrected chi connectivity index (χ1v) is 11.8. The highest BCUT2D eigenvalue weighted by Gasteiger charge is 2.31. The minimum Gasteiger partial charge on any atom is -0.369 e. The number of carbonyl (C=O) groups is 1. The molecule has 2 aliphatic rings. The van der Waals surface area contributed by atoms with Crippen LogP contribution in [-0.4, -0.2) is 55.1 Å². The molecule has 0 saturated carbocycles. The number of para-hydroxylation sites is 1. The fourth-order valence-electron chi connectivity index (χ4n) is 4.65. The molecule has 1 fully saturated rings. The molecular weight excluding hydrogens is 432 g/mol. The number of carbonyl (C=O) groups excluding carboxylic acids is 1. The third-order valence-electron chi connectivity index (χ3n) is 6.36. The molecule has 0 atom stereocenters. The van der Waals surface area contributed by atoms with Gasteiger partial charge >= 0.3 is 0 Å². The lowest BCUT2D eigenvalue weighted by Gasteiger charge is -2.36. The summed E-state index contributed by atoms with van der Waals surface area (Å²) < 4.78 is 0. The van der Waals surface area contributed by atoms with E-state index in [1.807, 2.05) is 65.6 Å². The molecule has 0 N–H and O–H groups in total. The summed E-state index contributed by atoms with van der Waals surface area (Å²) in [5.74, 6) is 0.0748. The highest BCUT2D eigenvalue weighted by atomic mass is 35.5. The number of rotatable bonds is 6. The zero-order chi connectivity index (χ0) is 22.6. The Morgan fingerprint density at radius 3 is 2.58 bits per heavy atom. The molecule has 5 nitrogen and oxygen atoms in total. The number of halogens is 1. The maximum Gasteiger partial charge on any atom is 0.258 e. The Balaban J connectivity index is 1.19. The molecule has 0 unspecified atom stereocenters. The van der Waals surface area contributed by atoms with Crippen molar-refractivity contribution in [2.24, 2.45) is 0 Å². The largest absolute Gasteiger partial charge is 0.369 e. The molecule has 0 aliphatic carbocycles. The average molecular weight is 459 g/mol. The molecule has 0 radical (unpaired) electrons. The normalized spacial score (nSPS) is 17.6. The molecule has 0 bridgehead atoms. The molecule has 3 heterocycles. The summed E-state index contributed by atoms with van der Waals surface area (Å²) in [5.41, 5.74) is 4.88. The monoisotopic (exact) mass is 458 g/mol. The fraction of sp³-hybridized carbons (Fsp3) is 0.259. The topological polar surface area (TPSA) is 39.7 Å². The van der Waals surface area contributed by atoms with Gasteiger partial charge in [0.2, 0.25) is 0 Å². The summed E-state index contributed by atoms with van der Waals surface area (Å²) in [4.78, 5) is 24.3. The third-order valence-corrected chi connectivity index (χ3v) is 6.59. The molecule has 168 valence electrons. The second-order valence-electron chi connectivity index (χ2n) is 8.48. The number of fused-ring (bicyclic) bond motifs is 1. The van der Waals surface area contributed by atoms with Gasteiger partial charge in [-0.15, -0.1) is 0 Å². The van der Waals surface area contributed by atoms with Crippen LogP contribution in [0.25, 0.3) is 11.6 Å². The van der Waals surface area contributed by atoms with Crippen LogP contribution in [0.1, 0.15) is 17.5 Å². The van der Waals surface area contributed by atoms with Crippen LogP contribution in [0, 0.1) is 0 Å². The first-order chi connectivity index (χ1) is 16.2. The molecule has 6 heteroatoms. The average Bonchev–Trinajstić information content (AvgIpc) is 3.11. The van der Waals surface area contributed by atoms with Crippen LogP contribution in [0.4, 0.5) is 11.4 Å². The molecule has 33 heavy (non-hydrogen) atoms. The molecule has 2 aromatic carbocycles. The minimum absolute atomic E-state index is 0.0748. The van der Waals surface area contributed by atoms with Crippen molar-refractivity contribution in [3.8, 4) is 0 Å². The molecule has 0 spiro atoms. The van der Waals surface area contributed by atoms with Gasteiger partial charge in [-0.25, -0.2) is 0 Å². The quantitative estimate of drug-likeness (QED) is 0.496. The number of pyridine rings is 1. The standard InChI is InChI=1S/C27H27ClN4O/c28-22-7-3-8-23(19-22)31-16-14-30(15-17-31)12-5-13-32-26-10-2-1-9-24(26)25(27(32)33)18-21-6-4-11-29-20-21/h1-4,6-11,18-20H,5,12-17H2/b25-18-. The van der Waals surface area contributed by atoms with E-state index in [4.69, 9.17) is 11.6 Å². The van der Waals surface area contributed by atoms with Crippen LogP contribution in [0.2, 0.25) is 5.02 Å². The lowest BCUT2D eigenvalue weighted by molar-refractivity contribution is -0.113. The first kappa shape index (κ1) is 21.7. The van der Waals surface area contributed by atoms with Gasteiger partial charge in [0.15, 0.2) is 0 Å². The van der Waals surface area contributed by atoms with Gasteiger partial charge < -0.3 is 9.80 Å². The van der Waals surface area contributed by atoms with Gasteiger partial charge in [-0.2, -0.15) is 0 Å². The van der Waals surface area contributed by atoms with Crippen LogP contribution < -0.4 is 9.80 Å². The van der Waals surface area contributed by atoms with Gasteiger partial charge in [0.05, 0.1) is 5.69 Å². The fourth-order valence-corrected chi connectivity index (χ4v) is 4.84. The molecule has 5 rings (SSSR count). The number of hydrogen-bond acceptors (Lipinski definition) is 4. The van der Waals surface area contributed by atoms with Crippen LogP contribution in [0.3, 0.4) is 0 Å². The Bertz CT molecular complexity index is 1160. The van der Waals surface area contributed by atoms with E-state index in [0.717, 1.165) is 66.6 Å². The summed E-state index contributed by atoms with van der Waals surface area (Å²) in [5, 5.41) is 0.780. The van der Waals surface area contributed by atoms with Gasteiger partial charge in [0.1, 0.15) is 0 Å². The van der Waals surface area contributed by atoms with Gasteiger partial charge in [0, 0.05) is 67.0 Å². The molecule has 1 aromatic heterocycles. The third kappa shape index (κ3) is 4.80. The SMILES string of the molecule is O=C1/C(=C\c2cccnc2)c2ccccc2N1CCCN1CCN(c2cccc(Cl)c2)CC1. The number of aromatic nitrogens is 1. The van der Waals surface area contributed by atoms with Crippen LogP contribution in [0.5, 0.6) is 0 Å². The Morgan fingerprint density at radius 1 is 0.939 bits per heavy atom. The first-order valence-electron chi connectivity index (χ1n) is 11.4. The number of nitrogens with zero attached hydrogens (tertiary/aromatic N) is 4. The van der Waals surface area contributed by atoms with E-state index in [2.05, 4.69) is 20.9 Å². The molecule has 1 saturated heterocycles. The Morgan fingerprint density at radius 2 is 1.79 bits per heavy atom.